The molecule has 0 radical (unpaired) electrons. The SMILES string of the molecule is N#CC(SC1CCCCC1)C1CCCCC1. The van der Waals surface area contributed by atoms with Crippen molar-refractivity contribution in [3.05, 3.63) is 0 Å². The number of hydrogen-bond donors (Lipinski definition) is 0. The fourth-order valence-electron chi connectivity index (χ4n) is 3.09. The van der Waals surface area contributed by atoms with Gasteiger partial charge in [0, 0.05) is 5.25 Å². The summed E-state index contributed by atoms with van der Waals surface area (Å²) in [5.74, 6) is 0.700. The van der Waals surface area contributed by atoms with Crippen molar-refractivity contribution >= 4 is 11.8 Å². The number of rotatable bonds is 3. The van der Waals surface area contributed by atoms with Gasteiger partial charge in [0.25, 0.3) is 0 Å². The van der Waals surface area contributed by atoms with Crippen LogP contribution in [-0.4, -0.2) is 10.5 Å². The van der Waals surface area contributed by atoms with Crippen molar-refractivity contribution in [3.8, 4) is 6.07 Å². The first-order chi connectivity index (χ1) is 7.90. The molecule has 2 rings (SSSR count). The van der Waals surface area contributed by atoms with E-state index in [1.54, 1.807) is 0 Å². The maximum atomic E-state index is 9.34. The molecular formula is C14H23NS. The van der Waals surface area contributed by atoms with Gasteiger partial charge < -0.3 is 0 Å². The molecule has 2 heteroatoms. The van der Waals surface area contributed by atoms with Crippen LogP contribution >= 0.6 is 11.8 Å². The third kappa shape index (κ3) is 3.42. The minimum absolute atomic E-state index is 0.295. The van der Waals surface area contributed by atoms with Crippen molar-refractivity contribution in [1.29, 1.82) is 5.26 Å². The second-order valence-corrected chi connectivity index (χ2v) is 6.79. The first-order valence-electron chi connectivity index (χ1n) is 6.95. The highest BCUT2D eigenvalue weighted by atomic mass is 32.2. The Bertz CT molecular complexity index is 234. The molecule has 16 heavy (non-hydrogen) atoms. The first-order valence-corrected chi connectivity index (χ1v) is 7.89. The molecule has 0 spiro atoms. The van der Waals surface area contributed by atoms with E-state index in [4.69, 9.17) is 0 Å². The van der Waals surface area contributed by atoms with Crippen LogP contribution < -0.4 is 0 Å². The summed E-state index contributed by atoms with van der Waals surface area (Å²) in [7, 11) is 0. The molecule has 0 aromatic heterocycles. The van der Waals surface area contributed by atoms with E-state index in [-0.39, 0.29) is 0 Å². The molecule has 0 aliphatic heterocycles. The fraction of sp³-hybridized carbons (Fsp3) is 0.929. The van der Waals surface area contributed by atoms with Gasteiger partial charge in [-0.15, -0.1) is 11.8 Å². The second kappa shape index (κ2) is 6.55. The van der Waals surface area contributed by atoms with Gasteiger partial charge in [0.1, 0.15) is 0 Å². The summed E-state index contributed by atoms with van der Waals surface area (Å²) in [5, 5.41) is 10.4. The summed E-state index contributed by atoms with van der Waals surface area (Å²) in [6, 6.07) is 2.58. The highest BCUT2D eigenvalue weighted by Gasteiger charge is 2.27. The number of nitrogens with zero attached hydrogens (tertiary/aromatic N) is 1. The van der Waals surface area contributed by atoms with E-state index in [0.29, 0.717) is 11.2 Å². The minimum atomic E-state index is 0.295. The molecule has 2 aliphatic carbocycles. The Kier molecular flexibility index (Phi) is 5.03. The van der Waals surface area contributed by atoms with Gasteiger partial charge in [-0.25, -0.2) is 0 Å². The van der Waals surface area contributed by atoms with Gasteiger partial charge in [0.05, 0.1) is 11.3 Å². The van der Waals surface area contributed by atoms with Crippen LogP contribution in [0, 0.1) is 17.2 Å². The van der Waals surface area contributed by atoms with Crippen LogP contribution in [0.15, 0.2) is 0 Å². The van der Waals surface area contributed by atoms with E-state index in [0.717, 1.165) is 5.25 Å². The highest BCUT2D eigenvalue weighted by Crippen LogP contribution is 2.38. The highest BCUT2D eigenvalue weighted by molar-refractivity contribution is 8.00. The molecule has 1 unspecified atom stereocenters. The van der Waals surface area contributed by atoms with Crippen molar-refractivity contribution < 1.29 is 0 Å². The van der Waals surface area contributed by atoms with Gasteiger partial charge in [0.2, 0.25) is 0 Å². The average Bonchev–Trinajstić information content (AvgIpc) is 2.38. The lowest BCUT2D eigenvalue weighted by Gasteiger charge is -2.29. The number of hydrogen-bond acceptors (Lipinski definition) is 2. The normalized spacial score (nSPS) is 26.2. The molecule has 0 amide bonds. The average molecular weight is 237 g/mol. The Hall–Kier alpha value is -0.160. The predicted molar refractivity (Wildman–Crippen MR) is 70.4 cm³/mol. The Morgan fingerprint density at radius 3 is 2.00 bits per heavy atom. The lowest BCUT2D eigenvalue weighted by Crippen LogP contribution is -2.22. The summed E-state index contributed by atoms with van der Waals surface area (Å²) in [5.41, 5.74) is 0. The molecule has 0 saturated heterocycles. The Morgan fingerprint density at radius 1 is 0.875 bits per heavy atom. The van der Waals surface area contributed by atoms with Crippen molar-refractivity contribution in [2.24, 2.45) is 5.92 Å². The molecule has 0 aromatic carbocycles. The molecular weight excluding hydrogens is 214 g/mol. The molecule has 0 bridgehead atoms. The quantitative estimate of drug-likeness (QED) is 0.720. The van der Waals surface area contributed by atoms with Crippen molar-refractivity contribution in [1.82, 2.24) is 0 Å². The summed E-state index contributed by atoms with van der Waals surface area (Å²) >= 11 is 2.01. The maximum absolute atomic E-state index is 9.34. The van der Waals surface area contributed by atoms with Crippen molar-refractivity contribution in [3.63, 3.8) is 0 Å². The van der Waals surface area contributed by atoms with Crippen molar-refractivity contribution in [2.75, 3.05) is 0 Å². The molecule has 90 valence electrons. The summed E-state index contributed by atoms with van der Waals surface area (Å²) < 4.78 is 0. The van der Waals surface area contributed by atoms with Crippen LogP contribution in [0.2, 0.25) is 0 Å². The lowest BCUT2D eigenvalue weighted by molar-refractivity contribution is 0.369. The molecule has 1 atom stereocenters. The zero-order valence-corrected chi connectivity index (χ0v) is 11.0. The van der Waals surface area contributed by atoms with Gasteiger partial charge in [-0.3, -0.25) is 0 Å². The van der Waals surface area contributed by atoms with Gasteiger partial charge >= 0.3 is 0 Å². The maximum Gasteiger partial charge on any atom is 0.0947 e. The van der Waals surface area contributed by atoms with Crippen LogP contribution in [0.5, 0.6) is 0 Å². The van der Waals surface area contributed by atoms with Gasteiger partial charge in [-0.2, -0.15) is 5.26 Å². The monoisotopic (exact) mass is 237 g/mol. The summed E-state index contributed by atoms with van der Waals surface area (Å²) in [6.07, 6.45) is 13.6. The van der Waals surface area contributed by atoms with Crippen LogP contribution in [0.25, 0.3) is 0 Å². The fourth-order valence-corrected chi connectivity index (χ4v) is 4.67. The van der Waals surface area contributed by atoms with Crippen LogP contribution in [0.3, 0.4) is 0 Å². The molecule has 1 nitrogen and oxygen atoms in total. The van der Waals surface area contributed by atoms with Gasteiger partial charge in [-0.05, 0) is 31.6 Å². The Balaban J connectivity index is 1.81. The van der Waals surface area contributed by atoms with Crippen molar-refractivity contribution in [2.45, 2.75) is 74.7 Å². The number of nitriles is 1. The van der Waals surface area contributed by atoms with Crippen LogP contribution in [0.4, 0.5) is 0 Å². The Labute approximate surface area is 104 Å². The van der Waals surface area contributed by atoms with Crippen LogP contribution in [0.1, 0.15) is 64.2 Å². The van der Waals surface area contributed by atoms with E-state index in [1.807, 2.05) is 11.8 Å². The molecule has 2 saturated carbocycles. The molecule has 0 heterocycles. The smallest absolute Gasteiger partial charge is 0.0947 e. The lowest BCUT2D eigenvalue weighted by atomic mass is 9.87. The molecule has 0 N–H and O–H groups in total. The first kappa shape index (κ1) is 12.3. The van der Waals surface area contributed by atoms with E-state index < -0.39 is 0 Å². The third-order valence-corrected chi connectivity index (χ3v) is 5.74. The minimum Gasteiger partial charge on any atom is -0.197 e. The Morgan fingerprint density at radius 2 is 1.44 bits per heavy atom. The van der Waals surface area contributed by atoms with E-state index >= 15 is 0 Å². The van der Waals surface area contributed by atoms with Crippen LogP contribution in [-0.2, 0) is 0 Å². The third-order valence-electron chi connectivity index (χ3n) is 4.10. The molecule has 2 fully saturated rings. The van der Waals surface area contributed by atoms with E-state index in [9.17, 15) is 5.26 Å². The molecule has 0 aromatic rings. The van der Waals surface area contributed by atoms with Gasteiger partial charge in [-0.1, -0.05) is 38.5 Å². The second-order valence-electron chi connectivity index (χ2n) is 5.34. The predicted octanol–water partition coefficient (Wildman–Crippen LogP) is 4.52. The summed E-state index contributed by atoms with van der Waals surface area (Å²) in [6.45, 7) is 0. The topological polar surface area (TPSA) is 23.8 Å². The van der Waals surface area contributed by atoms with E-state index in [2.05, 4.69) is 6.07 Å². The largest absolute Gasteiger partial charge is 0.197 e. The zero-order valence-electron chi connectivity index (χ0n) is 10.2. The van der Waals surface area contributed by atoms with E-state index in [1.165, 1.54) is 64.2 Å². The van der Waals surface area contributed by atoms with Gasteiger partial charge in [0.15, 0.2) is 0 Å². The molecule has 2 aliphatic rings. The standard InChI is InChI=1S/C14H23NS/c15-11-14(12-7-3-1-4-8-12)16-13-9-5-2-6-10-13/h12-14H,1-10H2. The number of thioether (sulfide) groups is 1. The zero-order chi connectivity index (χ0) is 11.2. The summed E-state index contributed by atoms with van der Waals surface area (Å²) in [4.78, 5) is 0.